The highest BCUT2D eigenvalue weighted by Crippen LogP contribution is 2.28. The Labute approximate surface area is 169 Å². The molecule has 0 unspecified atom stereocenters. The van der Waals surface area contributed by atoms with E-state index in [2.05, 4.69) is 11.9 Å². The van der Waals surface area contributed by atoms with Crippen molar-refractivity contribution >= 4 is 29.2 Å². The number of esters is 1. The molecule has 1 N–H and O–H groups in total. The number of allylic oxidation sites excluding steroid dienone is 1. The number of hydrogen-bond acceptors (Lipinski definition) is 5. The average molecular weight is 404 g/mol. The zero-order valence-electron chi connectivity index (χ0n) is 15.7. The fourth-order valence-electron chi connectivity index (χ4n) is 2.34. The second-order valence-electron chi connectivity index (χ2n) is 5.87. The first-order valence-corrected chi connectivity index (χ1v) is 8.98. The molecular formula is C21H22ClNO5. The topological polar surface area (TPSA) is 73.9 Å². The van der Waals surface area contributed by atoms with Crippen LogP contribution in [0, 0.1) is 0 Å². The summed E-state index contributed by atoms with van der Waals surface area (Å²) in [6, 6.07) is 12.2. The number of para-hydroxylation sites is 1. The van der Waals surface area contributed by atoms with E-state index < -0.39 is 18.0 Å². The Bertz CT molecular complexity index is 852. The van der Waals surface area contributed by atoms with E-state index in [0.717, 1.165) is 5.56 Å². The van der Waals surface area contributed by atoms with Crippen molar-refractivity contribution in [3.63, 3.8) is 0 Å². The lowest BCUT2D eigenvalue weighted by Crippen LogP contribution is -2.31. The third-order valence-corrected chi connectivity index (χ3v) is 4.09. The zero-order chi connectivity index (χ0) is 20.5. The molecule has 0 aliphatic rings. The average Bonchev–Trinajstić information content (AvgIpc) is 2.68. The van der Waals surface area contributed by atoms with Crippen LogP contribution in [0.4, 0.5) is 5.69 Å². The van der Waals surface area contributed by atoms with Gasteiger partial charge in [0.15, 0.2) is 24.2 Å². The summed E-state index contributed by atoms with van der Waals surface area (Å²) < 4.78 is 15.8. The van der Waals surface area contributed by atoms with Gasteiger partial charge in [0.1, 0.15) is 0 Å². The van der Waals surface area contributed by atoms with E-state index in [9.17, 15) is 9.59 Å². The molecule has 0 heterocycles. The van der Waals surface area contributed by atoms with Gasteiger partial charge in [-0.25, -0.2) is 4.79 Å². The second-order valence-corrected chi connectivity index (χ2v) is 6.28. The standard InChI is InChI=1S/C21H22ClNO5/c1-4-7-15-10-11-18(19(12-15)26-3)27-13-20(24)28-14(2)21(25)23-17-9-6-5-8-16(17)22/h4-6,8-12,14H,1,7,13H2,2-3H3,(H,23,25)/t14-/m0/s1. The van der Waals surface area contributed by atoms with Crippen LogP contribution in [0.25, 0.3) is 0 Å². The molecule has 7 heteroatoms. The molecule has 1 amide bonds. The van der Waals surface area contributed by atoms with E-state index in [1.54, 1.807) is 36.4 Å². The van der Waals surface area contributed by atoms with E-state index in [4.69, 9.17) is 25.8 Å². The number of carbonyl (C=O) groups is 2. The Kier molecular flexibility index (Phi) is 7.89. The third-order valence-electron chi connectivity index (χ3n) is 3.76. The maximum Gasteiger partial charge on any atom is 0.344 e. The minimum Gasteiger partial charge on any atom is -0.493 e. The van der Waals surface area contributed by atoms with Crippen molar-refractivity contribution in [2.75, 3.05) is 19.0 Å². The number of carbonyl (C=O) groups excluding carboxylic acids is 2. The lowest BCUT2D eigenvalue weighted by molar-refractivity contribution is -0.155. The van der Waals surface area contributed by atoms with E-state index >= 15 is 0 Å². The van der Waals surface area contributed by atoms with Crippen LogP contribution < -0.4 is 14.8 Å². The van der Waals surface area contributed by atoms with Crippen molar-refractivity contribution < 1.29 is 23.8 Å². The van der Waals surface area contributed by atoms with Gasteiger partial charge in [-0.2, -0.15) is 0 Å². The molecule has 0 saturated carbocycles. The van der Waals surface area contributed by atoms with E-state index in [-0.39, 0.29) is 6.61 Å². The molecule has 0 spiro atoms. The van der Waals surface area contributed by atoms with Gasteiger partial charge >= 0.3 is 5.97 Å². The van der Waals surface area contributed by atoms with E-state index in [1.807, 2.05) is 12.1 Å². The van der Waals surface area contributed by atoms with Gasteiger partial charge in [-0.05, 0) is 43.2 Å². The minimum atomic E-state index is -1.01. The van der Waals surface area contributed by atoms with Crippen LogP contribution in [-0.4, -0.2) is 31.7 Å². The molecule has 28 heavy (non-hydrogen) atoms. The Hall–Kier alpha value is -2.99. The summed E-state index contributed by atoms with van der Waals surface area (Å²) in [6.07, 6.45) is 1.46. The zero-order valence-corrected chi connectivity index (χ0v) is 16.5. The van der Waals surface area contributed by atoms with Gasteiger partial charge in [-0.3, -0.25) is 4.79 Å². The van der Waals surface area contributed by atoms with Gasteiger partial charge in [0.25, 0.3) is 5.91 Å². The predicted molar refractivity (Wildman–Crippen MR) is 108 cm³/mol. The van der Waals surface area contributed by atoms with Gasteiger partial charge in [0, 0.05) is 0 Å². The van der Waals surface area contributed by atoms with Crippen molar-refractivity contribution in [1.82, 2.24) is 0 Å². The highest BCUT2D eigenvalue weighted by Gasteiger charge is 2.19. The number of methoxy groups -OCH3 is 1. The van der Waals surface area contributed by atoms with Crippen molar-refractivity contribution in [1.29, 1.82) is 0 Å². The number of nitrogens with one attached hydrogen (secondary N) is 1. The van der Waals surface area contributed by atoms with Crippen LogP contribution in [0.15, 0.2) is 55.1 Å². The summed E-state index contributed by atoms with van der Waals surface area (Å²) >= 11 is 6.00. The van der Waals surface area contributed by atoms with Gasteiger partial charge in [-0.15, -0.1) is 6.58 Å². The molecule has 0 aliphatic heterocycles. The molecule has 0 saturated heterocycles. The van der Waals surface area contributed by atoms with Crippen LogP contribution >= 0.6 is 11.6 Å². The van der Waals surface area contributed by atoms with Gasteiger partial charge in [0.2, 0.25) is 0 Å². The first kappa shape index (κ1) is 21.3. The SMILES string of the molecule is C=CCc1ccc(OCC(=O)O[C@@H](C)C(=O)Nc2ccccc2Cl)c(OC)c1. The molecular weight excluding hydrogens is 382 g/mol. The van der Waals surface area contributed by atoms with E-state index in [0.29, 0.717) is 28.6 Å². The molecule has 6 nitrogen and oxygen atoms in total. The lowest BCUT2D eigenvalue weighted by Gasteiger charge is -2.15. The summed E-state index contributed by atoms with van der Waals surface area (Å²) in [4.78, 5) is 24.2. The summed E-state index contributed by atoms with van der Waals surface area (Å²) in [7, 11) is 1.51. The van der Waals surface area contributed by atoms with Gasteiger partial charge < -0.3 is 19.5 Å². The number of halogens is 1. The van der Waals surface area contributed by atoms with Crippen LogP contribution in [0.1, 0.15) is 12.5 Å². The molecule has 2 aromatic rings. The Morgan fingerprint density at radius 2 is 1.96 bits per heavy atom. The number of anilines is 1. The number of rotatable bonds is 9. The highest BCUT2D eigenvalue weighted by molar-refractivity contribution is 6.33. The number of benzene rings is 2. The van der Waals surface area contributed by atoms with Crippen molar-refractivity contribution in [3.8, 4) is 11.5 Å². The smallest absolute Gasteiger partial charge is 0.344 e. The number of hydrogen-bond donors (Lipinski definition) is 1. The van der Waals surface area contributed by atoms with Crippen molar-refractivity contribution in [2.45, 2.75) is 19.4 Å². The molecule has 0 aliphatic carbocycles. The molecule has 1 atom stereocenters. The monoisotopic (exact) mass is 403 g/mol. The second kappa shape index (κ2) is 10.4. The molecule has 0 bridgehead atoms. The summed E-state index contributed by atoms with van der Waals surface area (Å²) in [5.74, 6) is -0.274. The largest absolute Gasteiger partial charge is 0.493 e. The lowest BCUT2D eigenvalue weighted by atomic mass is 10.1. The quantitative estimate of drug-likeness (QED) is 0.505. The Morgan fingerprint density at radius 3 is 2.64 bits per heavy atom. The Balaban J connectivity index is 1.88. The van der Waals surface area contributed by atoms with Crippen molar-refractivity contribution in [3.05, 3.63) is 65.7 Å². The highest BCUT2D eigenvalue weighted by atomic mass is 35.5. The van der Waals surface area contributed by atoms with Gasteiger partial charge in [0.05, 0.1) is 17.8 Å². The number of ether oxygens (including phenoxy) is 3. The van der Waals surface area contributed by atoms with Crippen LogP contribution in [0.3, 0.4) is 0 Å². The maximum atomic E-state index is 12.2. The normalized spacial score (nSPS) is 11.2. The summed E-state index contributed by atoms with van der Waals surface area (Å²) in [5.41, 5.74) is 1.45. The maximum absolute atomic E-state index is 12.2. The molecule has 2 rings (SSSR count). The fourth-order valence-corrected chi connectivity index (χ4v) is 2.53. The molecule has 0 fully saturated rings. The molecule has 148 valence electrons. The minimum absolute atomic E-state index is 0.360. The first-order valence-electron chi connectivity index (χ1n) is 8.60. The summed E-state index contributed by atoms with van der Waals surface area (Å²) in [6.45, 7) is 4.80. The molecule has 0 radical (unpaired) electrons. The van der Waals surface area contributed by atoms with Gasteiger partial charge in [-0.1, -0.05) is 35.9 Å². The first-order chi connectivity index (χ1) is 13.4. The summed E-state index contributed by atoms with van der Waals surface area (Å²) in [5, 5.41) is 3.00. The Morgan fingerprint density at radius 1 is 1.21 bits per heavy atom. The van der Waals surface area contributed by atoms with Crippen LogP contribution in [0.5, 0.6) is 11.5 Å². The number of amides is 1. The van der Waals surface area contributed by atoms with Crippen LogP contribution in [0.2, 0.25) is 5.02 Å². The molecule has 0 aromatic heterocycles. The predicted octanol–water partition coefficient (Wildman–Crippen LogP) is 4.03. The molecule has 2 aromatic carbocycles. The van der Waals surface area contributed by atoms with E-state index in [1.165, 1.54) is 14.0 Å². The third kappa shape index (κ3) is 6.03. The van der Waals surface area contributed by atoms with Crippen molar-refractivity contribution in [2.24, 2.45) is 0 Å². The van der Waals surface area contributed by atoms with Crippen LogP contribution in [-0.2, 0) is 20.7 Å². The fraction of sp³-hybridized carbons (Fsp3) is 0.238.